The minimum absolute atomic E-state index is 0.198. The smallest absolute Gasteiger partial charge is 0.404 e. The van der Waals surface area contributed by atoms with Crippen LogP contribution in [0, 0.1) is 0 Å². The molecule has 0 radical (unpaired) electrons. The van der Waals surface area contributed by atoms with Gasteiger partial charge in [0.2, 0.25) is 11.8 Å². The van der Waals surface area contributed by atoms with Gasteiger partial charge in [0.1, 0.15) is 0 Å². The number of benzene rings is 4. The predicted octanol–water partition coefficient (Wildman–Crippen LogP) is 8.02. The average Bonchev–Trinajstić information content (AvgIpc) is 2.95. The van der Waals surface area contributed by atoms with E-state index in [0.29, 0.717) is 11.1 Å². The molecule has 2 atom stereocenters. The van der Waals surface area contributed by atoms with Crippen molar-refractivity contribution in [3.05, 3.63) is 120 Å². The Morgan fingerprint density at radius 3 is 1.21 bits per heavy atom. The molecule has 0 aliphatic carbocycles. The van der Waals surface area contributed by atoms with Gasteiger partial charge in [-0.25, -0.2) is 0 Å². The number of alkyl halides is 6. The summed E-state index contributed by atoms with van der Waals surface area (Å²) in [5.41, 5.74) is 0.405. The molecule has 0 saturated heterocycles. The predicted molar refractivity (Wildman–Crippen MR) is 146 cm³/mol. The van der Waals surface area contributed by atoms with Crippen molar-refractivity contribution in [2.24, 2.45) is 0 Å². The lowest BCUT2D eigenvalue weighted by Crippen LogP contribution is -2.29. The Bertz CT molecular complexity index is 1410. The lowest BCUT2D eigenvalue weighted by Gasteiger charge is -2.24. The van der Waals surface area contributed by atoms with Crippen molar-refractivity contribution in [1.29, 1.82) is 0 Å². The summed E-state index contributed by atoms with van der Waals surface area (Å²) in [7, 11) is 0. The topological polar surface area (TPSA) is 76.7 Å². The van der Waals surface area contributed by atoms with Crippen molar-refractivity contribution >= 4 is 23.2 Å². The minimum Gasteiger partial charge on any atom is -0.404 e. The fraction of sp³-hybridized carbons (Fsp3) is 0.161. The number of halogens is 6. The molecule has 0 heterocycles. The van der Waals surface area contributed by atoms with Crippen molar-refractivity contribution in [3.8, 4) is 11.5 Å². The highest BCUT2D eigenvalue weighted by Crippen LogP contribution is 2.36. The maximum atomic E-state index is 13.7. The molecular formula is C31H24F6N2O4. The Hall–Kier alpha value is -5.00. The van der Waals surface area contributed by atoms with Gasteiger partial charge in [-0.1, -0.05) is 84.9 Å². The van der Waals surface area contributed by atoms with Gasteiger partial charge in [-0.05, 0) is 41.8 Å². The number of carbonyl (C=O) groups is 2. The highest BCUT2D eigenvalue weighted by atomic mass is 19.4. The number of nitrogens with one attached hydrogen (secondary N) is 2. The van der Waals surface area contributed by atoms with Gasteiger partial charge in [-0.2, -0.15) is 0 Å². The number of hydrogen-bond donors (Lipinski definition) is 2. The normalized spacial score (nSPS) is 13.0. The molecule has 4 rings (SSSR count). The van der Waals surface area contributed by atoms with Crippen molar-refractivity contribution in [3.63, 3.8) is 0 Å². The third-order valence-corrected chi connectivity index (χ3v) is 6.25. The second-order valence-corrected chi connectivity index (χ2v) is 9.23. The number of amides is 2. The molecule has 0 spiro atoms. The van der Waals surface area contributed by atoms with Crippen LogP contribution in [0.3, 0.4) is 0 Å². The molecule has 2 unspecified atom stereocenters. The summed E-state index contributed by atoms with van der Waals surface area (Å²) in [6.45, 7) is 0. The molecule has 6 nitrogen and oxygen atoms in total. The van der Waals surface area contributed by atoms with Gasteiger partial charge >= 0.3 is 12.7 Å². The first-order valence-corrected chi connectivity index (χ1v) is 12.8. The summed E-state index contributed by atoms with van der Waals surface area (Å²) >= 11 is 0. The molecule has 0 aromatic heterocycles. The SMILES string of the molecule is O=C(Nc1ccccc1OC(F)(F)F)C(CC(C(=O)Nc1ccccc1OC(F)(F)F)c1ccccc1)c1ccccc1. The zero-order chi connectivity index (χ0) is 31.0. The van der Waals surface area contributed by atoms with Crippen LogP contribution >= 0.6 is 0 Å². The zero-order valence-electron chi connectivity index (χ0n) is 22.2. The van der Waals surface area contributed by atoms with Gasteiger partial charge in [0.05, 0.1) is 23.2 Å². The van der Waals surface area contributed by atoms with E-state index in [4.69, 9.17) is 0 Å². The van der Waals surface area contributed by atoms with Gasteiger partial charge in [-0.15, -0.1) is 26.3 Å². The second-order valence-electron chi connectivity index (χ2n) is 9.23. The maximum absolute atomic E-state index is 13.7. The van der Waals surface area contributed by atoms with Crippen molar-refractivity contribution in [2.75, 3.05) is 10.6 Å². The van der Waals surface area contributed by atoms with Crippen molar-refractivity contribution in [2.45, 2.75) is 31.0 Å². The molecule has 0 aliphatic rings. The number of anilines is 2. The van der Waals surface area contributed by atoms with E-state index in [-0.39, 0.29) is 17.8 Å². The highest BCUT2D eigenvalue weighted by Gasteiger charge is 2.35. The molecule has 0 fully saturated rings. The van der Waals surface area contributed by atoms with Crippen LogP contribution in [0.15, 0.2) is 109 Å². The van der Waals surface area contributed by atoms with E-state index in [9.17, 15) is 35.9 Å². The highest BCUT2D eigenvalue weighted by molar-refractivity contribution is 6.00. The first-order valence-electron chi connectivity index (χ1n) is 12.8. The summed E-state index contributed by atoms with van der Waals surface area (Å²) in [6, 6.07) is 26.5. The van der Waals surface area contributed by atoms with Gasteiger partial charge in [0.15, 0.2) is 11.5 Å². The first kappa shape index (κ1) is 30.9. The Morgan fingerprint density at radius 2 is 0.860 bits per heavy atom. The molecule has 12 heteroatoms. The number of para-hydroxylation sites is 4. The minimum atomic E-state index is -5.01. The van der Waals surface area contributed by atoms with Gasteiger partial charge in [-0.3, -0.25) is 9.59 Å². The maximum Gasteiger partial charge on any atom is 0.573 e. The number of ether oxygens (including phenoxy) is 2. The molecule has 2 N–H and O–H groups in total. The number of hydrogen-bond acceptors (Lipinski definition) is 4. The summed E-state index contributed by atoms with van der Waals surface area (Å²) in [5.74, 6) is -4.91. The lowest BCUT2D eigenvalue weighted by atomic mass is 9.83. The molecule has 43 heavy (non-hydrogen) atoms. The monoisotopic (exact) mass is 602 g/mol. The van der Waals surface area contributed by atoms with Crippen LogP contribution in [-0.4, -0.2) is 24.5 Å². The fourth-order valence-corrected chi connectivity index (χ4v) is 4.40. The van der Waals surface area contributed by atoms with Crippen LogP contribution in [-0.2, 0) is 9.59 Å². The van der Waals surface area contributed by atoms with Crippen LogP contribution in [0.25, 0.3) is 0 Å². The molecule has 0 aliphatic heterocycles. The molecule has 2 amide bonds. The molecule has 0 bridgehead atoms. The summed E-state index contributed by atoms with van der Waals surface area (Å²) in [4.78, 5) is 27.3. The molecule has 0 saturated carbocycles. The van der Waals surface area contributed by atoms with Crippen LogP contribution < -0.4 is 20.1 Å². The van der Waals surface area contributed by atoms with Crippen LogP contribution in [0.4, 0.5) is 37.7 Å². The van der Waals surface area contributed by atoms with Gasteiger partial charge in [0.25, 0.3) is 0 Å². The summed E-state index contributed by atoms with van der Waals surface area (Å²) < 4.78 is 86.0. The Morgan fingerprint density at radius 1 is 0.535 bits per heavy atom. The van der Waals surface area contributed by atoms with E-state index in [1.54, 1.807) is 60.7 Å². The molecule has 4 aromatic rings. The van der Waals surface area contributed by atoms with E-state index in [0.717, 1.165) is 12.1 Å². The number of rotatable bonds is 10. The standard InChI is InChI=1S/C31H24F6N2O4/c32-30(33,34)42-26-17-9-7-15-24(26)38-28(40)22(20-11-3-1-4-12-20)19-23(21-13-5-2-6-14-21)29(41)39-25-16-8-10-18-27(25)43-31(35,36)37/h1-18,22-23H,19H2,(H,38,40)(H,39,41). The average molecular weight is 603 g/mol. The van der Waals surface area contributed by atoms with Gasteiger partial charge in [0, 0.05) is 0 Å². The third kappa shape index (κ3) is 8.99. The van der Waals surface area contributed by atoms with Crippen LogP contribution in [0.5, 0.6) is 11.5 Å². The number of carbonyl (C=O) groups excluding carboxylic acids is 2. The first-order chi connectivity index (χ1) is 20.4. The van der Waals surface area contributed by atoms with Crippen molar-refractivity contribution < 1.29 is 45.4 Å². The van der Waals surface area contributed by atoms with E-state index >= 15 is 0 Å². The quantitative estimate of drug-likeness (QED) is 0.180. The van der Waals surface area contributed by atoms with Crippen LogP contribution in [0.1, 0.15) is 29.4 Å². The van der Waals surface area contributed by atoms with E-state index in [1.165, 1.54) is 36.4 Å². The molecule has 4 aromatic carbocycles. The van der Waals surface area contributed by atoms with E-state index in [1.807, 2.05) is 0 Å². The lowest BCUT2D eigenvalue weighted by molar-refractivity contribution is -0.275. The Labute approximate surface area is 242 Å². The van der Waals surface area contributed by atoms with Crippen LogP contribution in [0.2, 0.25) is 0 Å². The molecule has 224 valence electrons. The summed E-state index contributed by atoms with van der Waals surface area (Å²) in [5, 5.41) is 4.94. The third-order valence-electron chi connectivity index (χ3n) is 6.25. The van der Waals surface area contributed by atoms with Gasteiger partial charge < -0.3 is 20.1 Å². The van der Waals surface area contributed by atoms with Crippen molar-refractivity contribution in [1.82, 2.24) is 0 Å². The second kappa shape index (κ2) is 13.3. The van der Waals surface area contributed by atoms with E-state index in [2.05, 4.69) is 20.1 Å². The fourth-order valence-electron chi connectivity index (χ4n) is 4.40. The zero-order valence-corrected chi connectivity index (χ0v) is 22.2. The summed E-state index contributed by atoms with van der Waals surface area (Å²) in [6.07, 6.45) is -10.2. The molecular weight excluding hydrogens is 578 g/mol. The Balaban J connectivity index is 1.68. The van der Waals surface area contributed by atoms with E-state index < -0.39 is 47.9 Å². The Kier molecular flexibility index (Phi) is 9.59. The largest absolute Gasteiger partial charge is 0.573 e.